The number of allylic oxidation sites excluding steroid dienone is 7. The normalized spacial score (nSPS) is 19.6. The van der Waals surface area contributed by atoms with Crippen molar-refractivity contribution in [2.45, 2.75) is 59.8 Å². The van der Waals surface area contributed by atoms with Crippen LogP contribution in [0.5, 0.6) is 0 Å². The Morgan fingerprint density at radius 2 is 2.19 bits per heavy atom. The number of thiocarbonyl (C=S) groups is 1. The summed E-state index contributed by atoms with van der Waals surface area (Å²) in [4.78, 5) is 12.5. The van der Waals surface area contributed by atoms with Crippen LogP contribution in [0, 0.1) is 17.3 Å². The lowest BCUT2D eigenvalue weighted by atomic mass is 9.73. The van der Waals surface area contributed by atoms with Crippen LogP contribution in [-0.4, -0.2) is 17.4 Å². The molecular formula is C23H28O2S. The van der Waals surface area contributed by atoms with Crippen molar-refractivity contribution >= 4 is 23.1 Å². The number of rotatable bonds is 4. The lowest BCUT2D eigenvalue weighted by Gasteiger charge is -2.32. The van der Waals surface area contributed by atoms with Gasteiger partial charge in [0, 0.05) is 16.9 Å². The van der Waals surface area contributed by atoms with Crippen LogP contribution in [0.4, 0.5) is 0 Å². The van der Waals surface area contributed by atoms with Crippen LogP contribution in [0.15, 0.2) is 46.6 Å². The number of carbonyl (C=O) groups is 1. The highest BCUT2D eigenvalue weighted by atomic mass is 32.1. The zero-order valence-electron chi connectivity index (χ0n) is 16.3. The molecule has 2 aliphatic rings. The molecule has 0 atom stereocenters. The van der Waals surface area contributed by atoms with Gasteiger partial charge < -0.3 is 4.74 Å². The molecule has 0 radical (unpaired) electrons. The molecule has 0 saturated heterocycles. The molecule has 0 aliphatic heterocycles. The highest BCUT2D eigenvalue weighted by Crippen LogP contribution is 2.40. The van der Waals surface area contributed by atoms with E-state index in [1.807, 2.05) is 18.2 Å². The summed E-state index contributed by atoms with van der Waals surface area (Å²) in [6.07, 6.45) is 12.6. The van der Waals surface area contributed by atoms with Crippen molar-refractivity contribution in [2.24, 2.45) is 5.41 Å². The largest absolute Gasteiger partial charge is 0.466 e. The molecule has 138 valence electrons. The number of ether oxygens (including phenoxy) is 1. The first kappa shape index (κ1) is 20.4. The van der Waals surface area contributed by atoms with Crippen molar-refractivity contribution < 1.29 is 9.53 Å². The summed E-state index contributed by atoms with van der Waals surface area (Å²) < 4.78 is 5.01. The van der Waals surface area contributed by atoms with Crippen LogP contribution >= 0.6 is 12.2 Å². The molecule has 0 aromatic rings. The third kappa shape index (κ3) is 5.54. The minimum atomic E-state index is -0.239. The molecule has 26 heavy (non-hydrogen) atoms. The first-order valence-electron chi connectivity index (χ1n) is 9.31. The molecule has 3 heteroatoms. The van der Waals surface area contributed by atoms with E-state index in [-0.39, 0.29) is 17.8 Å². The maximum absolute atomic E-state index is 11.7. The van der Waals surface area contributed by atoms with Gasteiger partial charge in [-0.05, 0) is 61.8 Å². The van der Waals surface area contributed by atoms with Gasteiger partial charge in [0.2, 0.25) is 0 Å². The fraction of sp³-hybridized carbons (Fsp3) is 0.478. The summed E-state index contributed by atoms with van der Waals surface area (Å²) in [6.45, 7) is 9.02. The van der Waals surface area contributed by atoms with E-state index in [9.17, 15) is 4.79 Å². The zero-order chi connectivity index (χ0) is 19.2. The maximum Gasteiger partial charge on any atom is 0.310 e. The monoisotopic (exact) mass is 368 g/mol. The van der Waals surface area contributed by atoms with Crippen LogP contribution in [0.2, 0.25) is 0 Å². The Hall–Kier alpha value is -1.92. The Balaban J connectivity index is 2.08. The molecule has 0 N–H and O–H groups in total. The molecule has 2 nitrogen and oxygen atoms in total. The molecule has 0 unspecified atom stereocenters. The molecule has 2 aliphatic carbocycles. The van der Waals surface area contributed by atoms with Crippen LogP contribution in [0.3, 0.4) is 0 Å². The Bertz CT molecular complexity index is 764. The molecule has 2 rings (SSSR count). The topological polar surface area (TPSA) is 26.3 Å². The quantitative estimate of drug-likeness (QED) is 0.364. The van der Waals surface area contributed by atoms with Gasteiger partial charge >= 0.3 is 5.97 Å². The highest BCUT2D eigenvalue weighted by Gasteiger charge is 2.26. The standard InChI is InChI=1S/C23H28O2S/c1-5-25-22(24)16-19-15-18(12-13-21(19)26)10-6-7-11-20-17(2)9-8-14-23(20,3)4/h7,11-12,15H,5,8-9,13-14,16H2,1-4H3. The van der Waals surface area contributed by atoms with Gasteiger partial charge in [0.25, 0.3) is 0 Å². The second kappa shape index (κ2) is 9.14. The molecule has 0 saturated carbocycles. The predicted molar refractivity (Wildman–Crippen MR) is 112 cm³/mol. The Morgan fingerprint density at radius 1 is 1.42 bits per heavy atom. The van der Waals surface area contributed by atoms with Crippen molar-refractivity contribution in [2.75, 3.05) is 6.61 Å². The van der Waals surface area contributed by atoms with Gasteiger partial charge in [0.05, 0.1) is 13.0 Å². The van der Waals surface area contributed by atoms with Gasteiger partial charge in [0.15, 0.2) is 0 Å². The van der Waals surface area contributed by atoms with Gasteiger partial charge in [-0.25, -0.2) is 0 Å². The van der Waals surface area contributed by atoms with E-state index >= 15 is 0 Å². The summed E-state index contributed by atoms with van der Waals surface area (Å²) >= 11 is 5.35. The molecule has 0 aromatic carbocycles. The predicted octanol–water partition coefficient (Wildman–Crippen LogP) is 5.65. The molecule has 0 bridgehead atoms. The average Bonchev–Trinajstić information content (AvgIpc) is 2.56. The molecular weight excluding hydrogens is 340 g/mol. The third-order valence-corrected chi connectivity index (χ3v) is 5.36. The van der Waals surface area contributed by atoms with E-state index in [0.717, 1.165) is 16.0 Å². The first-order chi connectivity index (χ1) is 12.3. The second-order valence-corrected chi connectivity index (χ2v) is 7.97. The Kier molecular flexibility index (Phi) is 7.17. The lowest BCUT2D eigenvalue weighted by Crippen LogP contribution is -2.18. The van der Waals surface area contributed by atoms with Gasteiger partial charge in [-0.15, -0.1) is 0 Å². The Morgan fingerprint density at radius 3 is 2.88 bits per heavy atom. The summed E-state index contributed by atoms with van der Waals surface area (Å²) in [5.41, 5.74) is 4.87. The lowest BCUT2D eigenvalue weighted by molar-refractivity contribution is -0.142. The van der Waals surface area contributed by atoms with Crippen molar-refractivity contribution in [1.29, 1.82) is 0 Å². The molecule has 0 heterocycles. The minimum absolute atomic E-state index is 0.224. The molecule has 0 fully saturated rings. The summed E-state index contributed by atoms with van der Waals surface area (Å²) in [6, 6.07) is 0. The van der Waals surface area contributed by atoms with E-state index in [0.29, 0.717) is 13.0 Å². The Labute approximate surface area is 163 Å². The fourth-order valence-electron chi connectivity index (χ4n) is 3.53. The van der Waals surface area contributed by atoms with E-state index < -0.39 is 0 Å². The minimum Gasteiger partial charge on any atom is -0.466 e. The van der Waals surface area contributed by atoms with Crippen molar-refractivity contribution in [1.82, 2.24) is 0 Å². The highest BCUT2D eigenvalue weighted by molar-refractivity contribution is 7.80. The van der Waals surface area contributed by atoms with Crippen LogP contribution < -0.4 is 0 Å². The van der Waals surface area contributed by atoms with Crippen molar-refractivity contribution in [3.63, 3.8) is 0 Å². The summed E-state index contributed by atoms with van der Waals surface area (Å²) in [5.74, 6) is 6.07. The maximum atomic E-state index is 11.7. The first-order valence-corrected chi connectivity index (χ1v) is 9.72. The van der Waals surface area contributed by atoms with Crippen molar-refractivity contribution in [3.8, 4) is 11.8 Å². The number of carbonyl (C=O) groups excluding carboxylic acids is 1. The third-order valence-electron chi connectivity index (χ3n) is 4.93. The van der Waals surface area contributed by atoms with Gasteiger partial charge in [-0.1, -0.05) is 55.6 Å². The van der Waals surface area contributed by atoms with E-state index in [2.05, 4.69) is 38.7 Å². The van der Waals surface area contributed by atoms with Crippen LogP contribution in [-0.2, 0) is 9.53 Å². The number of hydrogen-bond donors (Lipinski definition) is 0. The summed E-state index contributed by atoms with van der Waals surface area (Å²) in [7, 11) is 0. The zero-order valence-corrected chi connectivity index (χ0v) is 17.1. The van der Waals surface area contributed by atoms with E-state index in [1.54, 1.807) is 6.92 Å². The van der Waals surface area contributed by atoms with Crippen LogP contribution in [0.1, 0.15) is 59.8 Å². The van der Waals surface area contributed by atoms with E-state index in [1.165, 1.54) is 30.4 Å². The van der Waals surface area contributed by atoms with E-state index in [4.69, 9.17) is 17.0 Å². The smallest absolute Gasteiger partial charge is 0.310 e. The molecule has 0 aromatic heterocycles. The van der Waals surface area contributed by atoms with Gasteiger partial charge in [-0.2, -0.15) is 0 Å². The number of esters is 1. The SMILES string of the molecule is CCOC(=O)CC1=CC(C#CC=CC2=C(C)CCCC2(C)C)=CCC1=S. The molecule has 0 spiro atoms. The van der Waals surface area contributed by atoms with Crippen molar-refractivity contribution in [3.05, 3.63) is 46.6 Å². The number of hydrogen-bond acceptors (Lipinski definition) is 3. The van der Waals surface area contributed by atoms with Gasteiger partial charge in [-0.3, -0.25) is 4.79 Å². The fourth-order valence-corrected chi connectivity index (χ4v) is 3.74. The molecule has 0 amide bonds. The second-order valence-electron chi connectivity index (χ2n) is 7.47. The average molecular weight is 369 g/mol. The van der Waals surface area contributed by atoms with Crippen LogP contribution in [0.25, 0.3) is 0 Å². The summed E-state index contributed by atoms with van der Waals surface area (Å²) in [5, 5.41) is 0. The van der Waals surface area contributed by atoms with Gasteiger partial charge in [0.1, 0.15) is 0 Å².